The Bertz CT molecular complexity index is 1590. The molecule has 1 saturated carbocycles. The molecule has 1 amide bonds. The van der Waals surface area contributed by atoms with Crippen LogP contribution < -0.4 is 5.32 Å². The fourth-order valence-corrected chi connectivity index (χ4v) is 6.55. The Hall–Kier alpha value is -3.71. The van der Waals surface area contributed by atoms with Crippen molar-refractivity contribution in [3.8, 4) is 0 Å². The number of hydrogen-bond donors (Lipinski definition) is 1. The van der Waals surface area contributed by atoms with Gasteiger partial charge < -0.3 is 5.32 Å². The summed E-state index contributed by atoms with van der Waals surface area (Å²) < 4.78 is 29.4. The summed E-state index contributed by atoms with van der Waals surface area (Å²) in [5, 5.41) is 3.74. The monoisotopic (exact) mass is 527 g/mol. The Morgan fingerprint density at radius 1 is 0.947 bits per heavy atom. The first kappa shape index (κ1) is 25.9. The number of carbonyl (C=O) groups excluding carboxylic acids is 1. The van der Waals surface area contributed by atoms with Crippen molar-refractivity contribution in [3.63, 3.8) is 0 Å². The fourth-order valence-electron chi connectivity index (χ4n) is 5.04. The number of pyridine rings is 1. The summed E-state index contributed by atoms with van der Waals surface area (Å²) >= 11 is 0. The molecule has 7 heteroatoms. The topological polar surface area (TPSA) is 81.1 Å². The zero-order valence-corrected chi connectivity index (χ0v) is 22.8. The largest absolute Gasteiger partial charge is 0.347 e. The van der Waals surface area contributed by atoms with E-state index in [4.69, 9.17) is 0 Å². The van der Waals surface area contributed by atoms with E-state index in [1.54, 1.807) is 48.7 Å². The van der Waals surface area contributed by atoms with Crippen molar-refractivity contribution < 1.29 is 13.2 Å². The Morgan fingerprint density at radius 3 is 2.26 bits per heavy atom. The lowest BCUT2D eigenvalue weighted by molar-refractivity contribution is 0.0919. The molecule has 2 aromatic carbocycles. The normalized spacial score (nSPS) is 15.2. The highest BCUT2D eigenvalue weighted by molar-refractivity contribution is 7.90. The van der Waals surface area contributed by atoms with Gasteiger partial charge in [-0.15, -0.1) is 0 Å². The molecule has 1 N–H and O–H groups in total. The van der Waals surface area contributed by atoms with Gasteiger partial charge in [0.2, 0.25) is 0 Å². The second kappa shape index (κ2) is 10.2. The summed E-state index contributed by atoms with van der Waals surface area (Å²) in [6.07, 6.45) is 8.29. The summed E-state index contributed by atoms with van der Waals surface area (Å²) in [7, 11) is -3.93. The molecule has 0 atom stereocenters. The van der Waals surface area contributed by atoms with E-state index >= 15 is 0 Å². The molecule has 2 heterocycles. The molecule has 2 aromatic heterocycles. The SMILES string of the molecule is CC(C)(C)NC(=O)c1ccc(/C(=C\C2CCCC2)c2cc3cccnc3n2S(=O)(=O)c2ccccc2)cc1. The molecular formula is C31H33N3O3S. The molecule has 4 aromatic rings. The standard InChI is InChI=1S/C31H33N3O3S/c1-31(2,3)33-30(35)24-17-15-23(16-18-24)27(20-22-10-7-8-11-22)28-21-25-12-9-19-32-29(25)34(28)38(36,37)26-13-5-4-6-14-26/h4-6,9,12-22H,7-8,10-11H2,1-3H3,(H,33,35)/b27-20+. The number of nitrogens with zero attached hydrogens (tertiary/aromatic N) is 2. The highest BCUT2D eigenvalue weighted by atomic mass is 32.2. The van der Waals surface area contributed by atoms with Crippen LogP contribution in [0, 0.1) is 5.92 Å². The van der Waals surface area contributed by atoms with Gasteiger partial charge in [0, 0.05) is 28.3 Å². The summed E-state index contributed by atoms with van der Waals surface area (Å²) in [4.78, 5) is 17.4. The first-order chi connectivity index (χ1) is 18.1. The highest BCUT2D eigenvalue weighted by Gasteiger charge is 2.27. The molecule has 0 radical (unpaired) electrons. The maximum absolute atomic E-state index is 14.0. The van der Waals surface area contributed by atoms with E-state index in [-0.39, 0.29) is 16.3 Å². The number of amides is 1. The molecule has 1 aliphatic carbocycles. The van der Waals surface area contributed by atoms with E-state index in [1.807, 2.05) is 51.1 Å². The Kier molecular flexibility index (Phi) is 6.97. The second-order valence-electron chi connectivity index (χ2n) is 10.9. The molecule has 1 aliphatic rings. The van der Waals surface area contributed by atoms with Crippen LogP contribution in [-0.4, -0.2) is 28.8 Å². The van der Waals surface area contributed by atoms with Crippen molar-refractivity contribution >= 4 is 32.5 Å². The van der Waals surface area contributed by atoms with Crippen LogP contribution in [0.5, 0.6) is 0 Å². The molecule has 0 unspecified atom stereocenters. The quantitative estimate of drug-likeness (QED) is 0.314. The van der Waals surface area contributed by atoms with Gasteiger partial charge in [-0.3, -0.25) is 4.79 Å². The maximum atomic E-state index is 14.0. The van der Waals surface area contributed by atoms with Crippen LogP contribution in [-0.2, 0) is 10.0 Å². The smallest absolute Gasteiger partial charge is 0.269 e. The van der Waals surface area contributed by atoms with Crippen molar-refractivity contribution in [2.45, 2.75) is 56.9 Å². The van der Waals surface area contributed by atoms with E-state index in [2.05, 4.69) is 16.4 Å². The molecule has 6 nitrogen and oxygen atoms in total. The number of nitrogens with one attached hydrogen (secondary N) is 1. The van der Waals surface area contributed by atoms with Crippen LogP contribution in [0.1, 0.15) is 68.1 Å². The number of fused-ring (bicyclic) bond motifs is 1. The highest BCUT2D eigenvalue weighted by Crippen LogP contribution is 2.36. The molecule has 38 heavy (non-hydrogen) atoms. The minimum atomic E-state index is -3.93. The van der Waals surface area contributed by atoms with Crippen molar-refractivity contribution in [1.82, 2.24) is 14.3 Å². The van der Waals surface area contributed by atoms with Crippen LogP contribution >= 0.6 is 0 Å². The average molecular weight is 528 g/mol. The van der Waals surface area contributed by atoms with Gasteiger partial charge in [0.05, 0.1) is 10.6 Å². The summed E-state index contributed by atoms with van der Waals surface area (Å²) in [6, 6.07) is 21.5. The summed E-state index contributed by atoms with van der Waals surface area (Å²) in [5.74, 6) is 0.211. The predicted molar refractivity (Wildman–Crippen MR) is 151 cm³/mol. The third kappa shape index (κ3) is 5.29. The summed E-state index contributed by atoms with van der Waals surface area (Å²) in [5.41, 5.74) is 2.87. The van der Waals surface area contributed by atoms with Gasteiger partial charge in [0.1, 0.15) is 0 Å². The van der Waals surface area contributed by atoms with Gasteiger partial charge in [0.15, 0.2) is 5.65 Å². The molecule has 5 rings (SSSR count). The predicted octanol–water partition coefficient (Wildman–Crippen LogP) is 6.42. The number of rotatable bonds is 6. The van der Waals surface area contributed by atoms with E-state index in [1.165, 1.54) is 3.97 Å². The number of allylic oxidation sites excluding steroid dienone is 1. The number of carbonyl (C=O) groups is 1. The van der Waals surface area contributed by atoms with Crippen LogP contribution in [0.25, 0.3) is 16.6 Å². The van der Waals surface area contributed by atoms with E-state index in [9.17, 15) is 13.2 Å². The van der Waals surface area contributed by atoms with E-state index in [0.717, 1.165) is 42.2 Å². The van der Waals surface area contributed by atoms with Crippen molar-refractivity contribution in [2.24, 2.45) is 5.92 Å². The Balaban J connectivity index is 1.68. The number of aromatic nitrogens is 2. The van der Waals surface area contributed by atoms with Gasteiger partial charge in [-0.25, -0.2) is 17.4 Å². The van der Waals surface area contributed by atoms with Crippen LogP contribution in [0.3, 0.4) is 0 Å². The van der Waals surface area contributed by atoms with Gasteiger partial charge in [-0.1, -0.05) is 49.2 Å². The minimum Gasteiger partial charge on any atom is -0.347 e. The molecule has 1 fully saturated rings. The third-order valence-corrected chi connectivity index (χ3v) is 8.54. The third-order valence-electron chi connectivity index (χ3n) is 6.83. The minimum absolute atomic E-state index is 0.143. The number of hydrogen-bond acceptors (Lipinski definition) is 4. The first-order valence-electron chi connectivity index (χ1n) is 13.1. The molecule has 0 saturated heterocycles. The molecule has 0 aliphatic heterocycles. The van der Waals surface area contributed by atoms with Crippen LogP contribution in [0.4, 0.5) is 0 Å². The van der Waals surface area contributed by atoms with Gasteiger partial charge in [-0.2, -0.15) is 0 Å². The second-order valence-corrected chi connectivity index (χ2v) is 12.7. The van der Waals surface area contributed by atoms with Crippen molar-refractivity contribution in [3.05, 3.63) is 102 Å². The lowest BCUT2D eigenvalue weighted by Crippen LogP contribution is -2.40. The maximum Gasteiger partial charge on any atom is 0.269 e. The zero-order valence-electron chi connectivity index (χ0n) is 22.0. The van der Waals surface area contributed by atoms with Gasteiger partial charge >= 0.3 is 0 Å². The fraction of sp³-hybridized carbons (Fsp3) is 0.290. The van der Waals surface area contributed by atoms with Gasteiger partial charge in [0.25, 0.3) is 15.9 Å². The lowest BCUT2D eigenvalue weighted by Gasteiger charge is -2.20. The molecule has 0 spiro atoms. The lowest BCUT2D eigenvalue weighted by atomic mass is 9.95. The number of benzene rings is 2. The Morgan fingerprint density at radius 2 is 1.61 bits per heavy atom. The van der Waals surface area contributed by atoms with E-state index in [0.29, 0.717) is 22.8 Å². The molecule has 0 bridgehead atoms. The average Bonchev–Trinajstić information content (AvgIpc) is 3.55. The van der Waals surface area contributed by atoms with Crippen LogP contribution in [0.15, 0.2) is 90.0 Å². The van der Waals surface area contributed by atoms with E-state index < -0.39 is 10.0 Å². The van der Waals surface area contributed by atoms with Crippen LogP contribution in [0.2, 0.25) is 0 Å². The zero-order chi connectivity index (χ0) is 26.9. The first-order valence-corrected chi connectivity index (χ1v) is 14.5. The Labute approximate surface area is 224 Å². The van der Waals surface area contributed by atoms with Crippen molar-refractivity contribution in [1.29, 1.82) is 0 Å². The van der Waals surface area contributed by atoms with Gasteiger partial charge in [-0.05, 0) is 87.6 Å². The summed E-state index contributed by atoms with van der Waals surface area (Å²) in [6.45, 7) is 5.84. The molecule has 196 valence electrons. The molecular weight excluding hydrogens is 494 g/mol. The van der Waals surface area contributed by atoms with Crippen molar-refractivity contribution in [2.75, 3.05) is 0 Å².